The molecule has 94 valence electrons. The minimum Gasteiger partial charge on any atom is -0.385 e. The van der Waals surface area contributed by atoms with E-state index < -0.39 is 0 Å². The topological polar surface area (TPSA) is 24.5 Å². The summed E-state index contributed by atoms with van der Waals surface area (Å²) in [5, 5.41) is 3.50. The first-order valence-electron chi connectivity index (χ1n) is 6.26. The van der Waals surface area contributed by atoms with Crippen LogP contribution in [0.3, 0.4) is 0 Å². The van der Waals surface area contributed by atoms with Gasteiger partial charge in [0.25, 0.3) is 0 Å². The van der Waals surface area contributed by atoms with Crippen LogP contribution in [0.15, 0.2) is 18.2 Å². The standard InChI is InChI=1S/C14H22N2O/c1-11-4-5-13(8-14(11)16(2)3)15-9-12-6-7-17-10-12/h4-5,8,12,15H,6-7,9-10H2,1-3H3. The third kappa shape index (κ3) is 3.13. The van der Waals surface area contributed by atoms with E-state index >= 15 is 0 Å². The number of hydrogen-bond acceptors (Lipinski definition) is 3. The van der Waals surface area contributed by atoms with Crippen molar-refractivity contribution in [2.45, 2.75) is 13.3 Å². The van der Waals surface area contributed by atoms with E-state index in [-0.39, 0.29) is 0 Å². The first-order valence-corrected chi connectivity index (χ1v) is 6.26. The molecule has 1 aliphatic heterocycles. The zero-order chi connectivity index (χ0) is 12.3. The Morgan fingerprint density at radius 1 is 1.41 bits per heavy atom. The minimum absolute atomic E-state index is 0.666. The molecule has 1 N–H and O–H groups in total. The summed E-state index contributed by atoms with van der Waals surface area (Å²) in [5.41, 5.74) is 3.79. The van der Waals surface area contributed by atoms with Crippen molar-refractivity contribution in [3.63, 3.8) is 0 Å². The highest BCUT2D eigenvalue weighted by molar-refractivity contribution is 5.61. The number of ether oxygens (including phenoxy) is 1. The molecule has 1 aromatic rings. The van der Waals surface area contributed by atoms with Crippen molar-refractivity contribution in [1.29, 1.82) is 0 Å². The van der Waals surface area contributed by atoms with Crippen LogP contribution in [0, 0.1) is 12.8 Å². The minimum atomic E-state index is 0.666. The lowest BCUT2D eigenvalue weighted by Crippen LogP contribution is -2.15. The Balaban J connectivity index is 1.98. The summed E-state index contributed by atoms with van der Waals surface area (Å²) in [6, 6.07) is 6.53. The van der Waals surface area contributed by atoms with Crippen molar-refractivity contribution >= 4 is 11.4 Å². The van der Waals surface area contributed by atoms with Gasteiger partial charge in [0, 0.05) is 44.5 Å². The van der Waals surface area contributed by atoms with E-state index in [1.54, 1.807) is 0 Å². The molecule has 3 heteroatoms. The predicted molar refractivity (Wildman–Crippen MR) is 72.9 cm³/mol. The zero-order valence-electron chi connectivity index (χ0n) is 11.0. The lowest BCUT2D eigenvalue weighted by molar-refractivity contribution is 0.187. The van der Waals surface area contributed by atoms with Crippen molar-refractivity contribution in [2.24, 2.45) is 5.92 Å². The van der Waals surface area contributed by atoms with E-state index in [9.17, 15) is 0 Å². The van der Waals surface area contributed by atoms with Gasteiger partial charge in [0.05, 0.1) is 6.61 Å². The monoisotopic (exact) mass is 234 g/mol. The molecule has 0 spiro atoms. The van der Waals surface area contributed by atoms with Crippen LogP contribution in [0.4, 0.5) is 11.4 Å². The maximum absolute atomic E-state index is 5.38. The summed E-state index contributed by atoms with van der Waals surface area (Å²) in [6.07, 6.45) is 1.18. The molecule has 0 saturated carbocycles. The zero-order valence-corrected chi connectivity index (χ0v) is 11.0. The van der Waals surface area contributed by atoms with Crippen molar-refractivity contribution in [3.8, 4) is 0 Å². The van der Waals surface area contributed by atoms with E-state index in [1.807, 2.05) is 0 Å². The Kier molecular flexibility index (Phi) is 3.89. The second-order valence-electron chi connectivity index (χ2n) is 5.01. The number of aryl methyl sites for hydroxylation is 1. The lowest BCUT2D eigenvalue weighted by Gasteiger charge is -2.18. The summed E-state index contributed by atoms with van der Waals surface area (Å²) in [4.78, 5) is 2.15. The molecule has 2 rings (SSSR count). The third-order valence-electron chi connectivity index (χ3n) is 3.31. The molecule has 1 fully saturated rings. The van der Waals surface area contributed by atoms with E-state index in [4.69, 9.17) is 4.74 Å². The van der Waals surface area contributed by atoms with Gasteiger partial charge < -0.3 is 15.0 Å². The van der Waals surface area contributed by atoms with Crippen molar-refractivity contribution in [2.75, 3.05) is 44.1 Å². The molecular weight excluding hydrogens is 212 g/mol. The highest BCUT2D eigenvalue weighted by Crippen LogP contribution is 2.23. The summed E-state index contributed by atoms with van der Waals surface area (Å²) in [5.74, 6) is 0.666. The second kappa shape index (κ2) is 5.41. The molecule has 17 heavy (non-hydrogen) atoms. The molecule has 0 aromatic heterocycles. The van der Waals surface area contributed by atoms with Gasteiger partial charge >= 0.3 is 0 Å². The molecule has 1 atom stereocenters. The fraction of sp³-hybridized carbons (Fsp3) is 0.571. The van der Waals surface area contributed by atoms with Crippen LogP contribution < -0.4 is 10.2 Å². The van der Waals surface area contributed by atoms with Crippen molar-refractivity contribution in [3.05, 3.63) is 23.8 Å². The van der Waals surface area contributed by atoms with Crippen molar-refractivity contribution < 1.29 is 4.74 Å². The molecule has 3 nitrogen and oxygen atoms in total. The Morgan fingerprint density at radius 2 is 2.24 bits per heavy atom. The number of nitrogens with zero attached hydrogens (tertiary/aromatic N) is 1. The van der Waals surface area contributed by atoms with Crippen LogP contribution in [0.1, 0.15) is 12.0 Å². The maximum Gasteiger partial charge on any atom is 0.0511 e. The second-order valence-corrected chi connectivity index (χ2v) is 5.01. The van der Waals surface area contributed by atoms with E-state index in [1.165, 1.54) is 23.4 Å². The molecule has 0 aliphatic carbocycles. The lowest BCUT2D eigenvalue weighted by atomic mass is 10.1. The van der Waals surface area contributed by atoms with Crippen molar-refractivity contribution in [1.82, 2.24) is 0 Å². The smallest absolute Gasteiger partial charge is 0.0511 e. The Labute approximate surface area is 104 Å². The Morgan fingerprint density at radius 3 is 2.88 bits per heavy atom. The van der Waals surface area contributed by atoms with Crippen LogP contribution in [0.2, 0.25) is 0 Å². The van der Waals surface area contributed by atoms with Gasteiger partial charge in [-0.2, -0.15) is 0 Å². The number of hydrogen-bond donors (Lipinski definition) is 1. The molecule has 1 saturated heterocycles. The van der Waals surface area contributed by atoms with E-state index in [0.717, 1.165) is 19.8 Å². The average molecular weight is 234 g/mol. The number of benzene rings is 1. The van der Waals surface area contributed by atoms with Gasteiger partial charge in [-0.05, 0) is 31.0 Å². The summed E-state index contributed by atoms with van der Waals surface area (Å²) in [7, 11) is 4.16. The van der Waals surface area contributed by atoms with Gasteiger partial charge in [-0.3, -0.25) is 0 Å². The average Bonchev–Trinajstić information content (AvgIpc) is 2.80. The largest absolute Gasteiger partial charge is 0.385 e. The summed E-state index contributed by atoms with van der Waals surface area (Å²) < 4.78 is 5.38. The first kappa shape index (κ1) is 12.2. The SMILES string of the molecule is Cc1ccc(NCC2CCOC2)cc1N(C)C. The van der Waals surface area contributed by atoms with Crippen LogP contribution >= 0.6 is 0 Å². The summed E-state index contributed by atoms with van der Waals surface area (Å²) in [6.45, 7) is 4.97. The normalized spacial score (nSPS) is 19.4. The first-order chi connectivity index (χ1) is 8.16. The highest BCUT2D eigenvalue weighted by atomic mass is 16.5. The number of anilines is 2. The molecule has 1 unspecified atom stereocenters. The predicted octanol–water partition coefficient (Wildman–Crippen LogP) is 2.51. The van der Waals surface area contributed by atoms with Gasteiger partial charge in [-0.15, -0.1) is 0 Å². The molecular formula is C14H22N2O. The van der Waals surface area contributed by atoms with Gasteiger partial charge in [-0.25, -0.2) is 0 Å². The molecule has 1 heterocycles. The molecule has 0 bridgehead atoms. The molecule has 1 aliphatic rings. The Bertz CT molecular complexity index is 370. The van der Waals surface area contributed by atoms with E-state index in [2.05, 4.69) is 49.4 Å². The fourth-order valence-electron chi connectivity index (χ4n) is 2.21. The van der Waals surface area contributed by atoms with Gasteiger partial charge in [0.15, 0.2) is 0 Å². The number of nitrogens with one attached hydrogen (secondary N) is 1. The molecule has 0 amide bonds. The summed E-state index contributed by atoms with van der Waals surface area (Å²) >= 11 is 0. The maximum atomic E-state index is 5.38. The van der Waals surface area contributed by atoms with Gasteiger partial charge in [0.1, 0.15) is 0 Å². The fourth-order valence-corrected chi connectivity index (χ4v) is 2.21. The number of rotatable bonds is 4. The van der Waals surface area contributed by atoms with Crippen LogP contribution in [0.25, 0.3) is 0 Å². The van der Waals surface area contributed by atoms with E-state index in [0.29, 0.717) is 5.92 Å². The van der Waals surface area contributed by atoms with Gasteiger partial charge in [0.2, 0.25) is 0 Å². The Hall–Kier alpha value is -1.22. The van der Waals surface area contributed by atoms with Crippen LogP contribution in [-0.2, 0) is 4.74 Å². The van der Waals surface area contributed by atoms with Crippen LogP contribution in [-0.4, -0.2) is 33.9 Å². The molecule has 0 radical (unpaired) electrons. The highest BCUT2D eigenvalue weighted by Gasteiger charge is 2.15. The van der Waals surface area contributed by atoms with Crippen LogP contribution in [0.5, 0.6) is 0 Å². The van der Waals surface area contributed by atoms with Gasteiger partial charge in [-0.1, -0.05) is 6.07 Å². The quantitative estimate of drug-likeness (QED) is 0.866. The third-order valence-corrected chi connectivity index (χ3v) is 3.31. The molecule has 1 aromatic carbocycles.